The number of aromatic nitrogens is 3. The zero-order chi connectivity index (χ0) is 13.6. The topological polar surface area (TPSA) is 44.5 Å². The van der Waals surface area contributed by atoms with Crippen molar-refractivity contribution in [1.29, 1.82) is 0 Å². The molecule has 3 aromatic rings. The molecule has 2 N–H and O–H groups in total. The molecule has 0 atom stereocenters. The zero-order valence-corrected chi connectivity index (χ0v) is 9.97. The number of fused-ring (bicyclic) bond motifs is 1. The second kappa shape index (κ2) is 3.88. The molecule has 0 bridgehead atoms. The van der Waals surface area contributed by atoms with Gasteiger partial charge in [-0.3, -0.25) is 5.10 Å². The van der Waals surface area contributed by atoms with E-state index in [4.69, 9.17) is 0 Å². The lowest BCUT2D eigenvalue weighted by Gasteiger charge is -2.00. The standard InChI is InChI=1S/C13H10F3N3/c1-7-12(8-4-2-3-5-9(8)17-7)10-6-11(19-18-10)13(14,15)16/h2-6,17H,1H3,(H,18,19). The van der Waals surface area contributed by atoms with Gasteiger partial charge in [0, 0.05) is 22.2 Å². The van der Waals surface area contributed by atoms with Crippen molar-refractivity contribution < 1.29 is 13.2 Å². The summed E-state index contributed by atoms with van der Waals surface area (Å²) in [5, 5.41) is 6.67. The number of alkyl halides is 3. The number of hydrogen-bond donors (Lipinski definition) is 2. The van der Waals surface area contributed by atoms with Gasteiger partial charge in [0.25, 0.3) is 0 Å². The Hall–Kier alpha value is -2.24. The molecule has 19 heavy (non-hydrogen) atoms. The Morgan fingerprint density at radius 1 is 1.16 bits per heavy atom. The fraction of sp³-hybridized carbons (Fsp3) is 0.154. The summed E-state index contributed by atoms with van der Waals surface area (Å²) in [5.74, 6) is 0. The lowest BCUT2D eigenvalue weighted by atomic mass is 10.1. The van der Waals surface area contributed by atoms with Crippen LogP contribution < -0.4 is 0 Å². The van der Waals surface area contributed by atoms with Crippen LogP contribution in [0.25, 0.3) is 22.2 Å². The first-order chi connectivity index (χ1) is 8.97. The van der Waals surface area contributed by atoms with E-state index in [1.54, 1.807) is 0 Å². The van der Waals surface area contributed by atoms with Crippen molar-refractivity contribution in [2.45, 2.75) is 13.1 Å². The van der Waals surface area contributed by atoms with E-state index in [1.807, 2.05) is 36.3 Å². The molecule has 0 aliphatic carbocycles. The number of aromatic amines is 2. The number of nitrogens with one attached hydrogen (secondary N) is 2. The largest absolute Gasteiger partial charge is 0.432 e. The minimum atomic E-state index is -4.41. The summed E-state index contributed by atoms with van der Waals surface area (Å²) in [6.45, 7) is 1.82. The van der Waals surface area contributed by atoms with E-state index in [2.05, 4.69) is 10.1 Å². The van der Waals surface area contributed by atoms with Gasteiger partial charge in [0.05, 0.1) is 5.69 Å². The molecule has 0 radical (unpaired) electrons. The molecule has 0 saturated heterocycles. The van der Waals surface area contributed by atoms with Crippen LogP contribution in [-0.2, 0) is 6.18 Å². The number of aryl methyl sites for hydroxylation is 1. The Balaban J connectivity index is 2.19. The highest BCUT2D eigenvalue weighted by atomic mass is 19.4. The number of para-hydroxylation sites is 1. The third-order valence-electron chi connectivity index (χ3n) is 3.03. The van der Waals surface area contributed by atoms with Crippen LogP contribution in [0.2, 0.25) is 0 Å². The molecule has 2 aromatic heterocycles. The lowest BCUT2D eigenvalue weighted by Crippen LogP contribution is -2.04. The van der Waals surface area contributed by atoms with Gasteiger partial charge in [0.2, 0.25) is 0 Å². The van der Waals surface area contributed by atoms with Gasteiger partial charge in [-0.1, -0.05) is 18.2 Å². The SMILES string of the molecule is Cc1[nH]c2ccccc2c1-c1cc(C(F)(F)F)[nH]n1. The molecule has 3 nitrogen and oxygen atoms in total. The van der Waals surface area contributed by atoms with Crippen molar-refractivity contribution in [2.75, 3.05) is 0 Å². The summed E-state index contributed by atoms with van der Waals surface area (Å²) in [4.78, 5) is 3.14. The second-order valence-corrected chi connectivity index (χ2v) is 4.34. The normalized spacial score (nSPS) is 12.2. The minimum absolute atomic E-state index is 0.294. The second-order valence-electron chi connectivity index (χ2n) is 4.34. The van der Waals surface area contributed by atoms with Crippen molar-refractivity contribution in [3.8, 4) is 11.3 Å². The Labute approximate surface area is 106 Å². The Bertz CT molecular complexity index is 737. The molecule has 0 fully saturated rings. The van der Waals surface area contributed by atoms with E-state index in [1.165, 1.54) is 0 Å². The summed E-state index contributed by atoms with van der Waals surface area (Å²) >= 11 is 0. The highest BCUT2D eigenvalue weighted by molar-refractivity contribution is 5.96. The van der Waals surface area contributed by atoms with Crippen molar-refractivity contribution in [2.24, 2.45) is 0 Å². The molecule has 3 rings (SSSR count). The van der Waals surface area contributed by atoms with E-state index in [0.29, 0.717) is 11.3 Å². The highest BCUT2D eigenvalue weighted by Gasteiger charge is 2.33. The van der Waals surface area contributed by atoms with Gasteiger partial charge in [-0.15, -0.1) is 0 Å². The van der Waals surface area contributed by atoms with Crippen molar-refractivity contribution in [3.05, 3.63) is 41.7 Å². The quantitative estimate of drug-likeness (QED) is 0.689. The molecule has 0 amide bonds. The first kappa shape index (κ1) is 11.8. The maximum atomic E-state index is 12.6. The Morgan fingerprint density at radius 2 is 1.89 bits per heavy atom. The predicted octanol–water partition coefficient (Wildman–Crippen LogP) is 3.89. The third-order valence-corrected chi connectivity index (χ3v) is 3.03. The first-order valence-corrected chi connectivity index (χ1v) is 5.67. The molecule has 0 aliphatic heterocycles. The molecule has 98 valence electrons. The number of hydrogen-bond acceptors (Lipinski definition) is 1. The molecule has 0 unspecified atom stereocenters. The summed E-state index contributed by atoms with van der Waals surface area (Å²) in [6.07, 6.45) is -4.41. The van der Waals surface area contributed by atoms with Gasteiger partial charge in [0.15, 0.2) is 0 Å². The molecule has 2 heterocycles. The third kappa shape index (κ3) is 1.89. The van der Waals surface area contributed by atoms with Crippen LogP contribution in [0.1, 0.15) is 11.4 Å². The number of benzene rings is 1. The smallest absolute Gasteiger partial charge is 0.358 e. The number of H-pyrrole nitrogens is 2. The molecule has 0 saturated carbocycles. The van der Waals surface area contributed by atoms with E-state index < -0.39 is 11.9 Å². The Kier molecular flexibility index (Phi) is 2.41. The average Bonchev–Trinajstić information content (AvgIpc) is 2.90. The highest BCUT2D eigenvalue weighted by Crippen LogP contribution is 2.34. The van der Waals surface area contributed by atoms with Gasteiger partial charge in [-0.05, 0) is 19.1 Å². The zero-order valence-electron chi connectivity index (χ0n) is 9.97. The molecule has 1 aromatic carbocycles. The van der Waals surface area contributed by atoms with Crippen molar-refractivity contribution in [3.63, 3.8) is 0 Å². The van der Waals surface area contributed by atoms with Gasteiger partial charge in [0.1, 0.15) is 5.69 Å². The van der Waals surface area contributed by atoms with Crippen LogP contribution in [0.3, 0.4) is 0 Å². The fourth-order valence-electron chi connectivity index (χ4n) is 2.20. The Morgan fingerprint density at radius 3 is 2.58 bits per heavy atom. The number of nitrogens with zero attached hydrogens (tertiary/aromatic N) is 1. The molecule has 0 spiro atoms. The molecular weight excluding hydrogens is 255 g/mol. The van der Waals surface area contributed by atoms with Gasteiger partial charge >= 0.3 is 6.18 Å². The summed E-state index contributed by atoms with van der Waals surface area (Å²) in [6, 6.07) is 8.48. The molecule has 0 aliphatic rings. The maximum Gasteiger partial charge on any atom is 0.432 e. The average molecular weight is 265 g/mol. The van der Waals surface area contributed by atoms with Crippen LogP contribution in [0.5, 0.6) is 0 Å². The fourth-order valence-corrected chi connectivity index (χ4v) is 2.20. The van der Waals surface area contributed by atoms with E-state index in [9.17, 15) is 13.2 Å². The maximum absolute atomic E-state index is 12.6. The van der Waals surface area contributed by atoms with Crippen molar-refractivity contribution >= 4 is 10.9 Å². The number of halogens is 3. The first-order valence-electron chi connectivity index (χ1n) is 5.67. The molecular formula is C13H10F3N3. The summed E-state index contributed by atoms with van der Waals surface area (Å²) in [5.41, 5.74) is 1.82. The predicted molar refractivity (Wildman–Crippen MR) is 65.6 cm³/mol. The van der Waals surface area contributed by atoms with Crippen LogP contribution >= 0.6 is 0 Å². The lowest BCUT2D eigenvalue weighted by molar-refractivity contribution is -0.141. The van der Waals surface area contributed by atoms with E-state index in [0.717, 1.165) is 22.7 Å². The van der Waals surface area contributed by atoms with Crippen LogP contribution in [-0.4, -0.2) is 15.2 Å². The van der Waals surface area contributed by atoms with Crippen LogP contribution in [0.4, 0.5) is 13.2 Å². The van der Waals surface area contributed by atoms with Gasteiger partial charge < -0.3 is 4.98 Å². The van der Waals surface area contributed by atoms with Crippen LogP contribution in [0, 0.1) is 6.92 Å². The number of rotatable bonds is 1. The van der Waals surface area contributed by atoms with E-state index >= 15 is 0 Å². The monoisotopic (exact) mass is 265 g/mol. The minimum Gasteiger partial charge on any atom is -0.358 e. The van der Waals surface area contributed by atoms with Crippen molar-refractivity contribution in [1.82, 2.24) is 15.2 Å². The summed E-state index contributed by atoms with van der Waals surface area (Å²) < 4.78 is 37.7. The van der Waals surface area contributed by atoms with E-state index in [-0.39, 0.29) is 0 Å². The summed E-state index contributed by atoms with van der Waals surface area (Å²) in [7, 11) is 0. The van der Waals surface area contributed by atoms with Gasteiger partial charge in [-0.2, -0.15) is 18.3 Å². The van der Waals surface area contributed by atoms with Gasteiger partial charge in [-0.25, -0.2) is 0 Å². The van der Waals surface area contributed by atoms with Crippen LogP contribution in [0.15, 0.2) is 30.3 Å². The molecule has 6 heteroatoms.